The van der Waals surface area contributed by atoms with Crippen molar-refractivity contribution in [1.82, 2.24) is 0 Å². The molecule has 0 heterocycles. The van der Waals surface area contributed by atoms with Gasteiger partial charge in [0.1, 0.15) is 5.82 Å². The van der Waals surface area contributed by atoms with Crippen molar-refractivity contribution in [3.05, 3.63) is 94.8 Å². The molecule has 0 bridgehead atoms. The number of benzene rings is 3. The third kappa shape index (κ3) is 5.04. The highest BCUT2D eigenvalue weighted by Crippen LogP contribution is 2.24. The second-order valence-electron chi connectivity index (χ2n) is 6.99. The zero-order chi connectivity index (χ0) is 21.7. The van der Waals surface area contributed by atoms with Crippen molar-refractivity contribution in [3.8, 4) is 0 Å². The monoisotopic (exact) mass is 427 g/mol. The molecule has 0 amide bonds. The number of rotatable bonds is 8. The molecule has 7 heteroatoms. The first kappa shape index (κ1) is 21.5. The molecule has 0 atom stereocenters. The predicted octanol–water partition coefficient (Wildman–Crippen LogP) is 4.81. The lowest BCUT2D eigenvalue weighted by Crippen LogP contribution is -2.15. The minimum absolute atomic E-state index is 0.104. The van der Waals surface area contributed by atoms with Crippen molar-refractivity contribution >= 4 is 21.7 Å². The number of halogens is 1. The molecule has 5 nitrogen and oxygen atoms in total. The smallest absolute Gasteiger partial charge is 0.335 e. The number of hydrogen-bond donors (Lipinski definition) is 2. The molecule has 0 unspecified atom stereocenters. The van der Waals surface area contributed by atoms with E-state index >= 15 is 0 Å². The number of anilines is 1. The third-order valence-corrected chi connectivity index (χ3v) is 6.35. The molecule has 2 N–H and O–H groups in total. The summed E-state index contributed by atoms with van der Waals surface area (Å²) >= 11 is 0. The van der Waals surface area contributed by atoms with Gasteiger partial charge >= 0.3 is 5.97 Å². The summed E-state index contributed by atoms with van der Waals surface area (Å²) < 4.78 is 41.7. The van der Waals surface area contributed by atoms with Crippen LogP contribution >= 0.6 is 0 Å². The Labute approximate surface area is 175 Å². The van der Waals surface area contributed by atoms with Crippen LogP contribution < -0.4 is 4.72 Å². The van der Waals surface area contributed by atoms with Gasteiger partial charge in [-0.3, -0.25) is 4.72 Å². The lowest BCUT2D eigenvalue weighted by Gasteiger charge is -2.14. The van der Waals surface area contributed by atoms with Gasteiger partial charge in [-0.2, -0.15) is 0 Å². The van der Waals surface area contributed by atoms with Gasteiger partial charge in [0.25, 0.3) is 10.0 Å². The Morgan fingerprint density at radius 3 is 2.33 bits per heavy atom. The minimum Gasteiger partial charge on any atom is -0.478 e. The molecule has 0 saturated carbocycles. The molecule has 3 aromatic carbocycles. The van der Waals surface area contributed by atoms with Crippen LogP contribution in [-0.4, -0.2) is 19.5 Å². The highest BCUT2D eigenvalue weighted by molar-refractivity contribution is 7.92. The first-order valence-electron chi connectivity index (χ1n) is 9.46. The summed E-state index contributed by atoms with van der Waals surface area (Å²) in [5, 5.41) is 9.30. The fourth-order valence-electron chi connectivity index (χ4n) is 3.32. The van der Waals surface area contributed by atoms with E-state index in [-0.39, 0.29) is 10.5 Å². The van der Waals surface area contributed by atoms with Crippen molar-refractivity contribution in [2.45, 2.75) is 31.1 Å². The molecule has 0 aliphatic rings. The molecule has 156 valence electrons. The molecule has 0 aliphatic carbocycles. The molecule has 30 heavy (non-hydrogen) atoms. The van der Waals surface area contributed by atoms with Crippen LogP contribution in [0.2, 0.25) is 0 Å². The molecule has 0 fully saturated rings. The summed E-state index contributed by atoms with van der Waals surface area (Å²) in [6.07, 6.45) is 1.74. The number of aromatic carboxylic acids is 1. The lowest BCUT2D eigenvalue weighted by molar-refractivity contribution is 0.0695. The molecule has 0 aliphatic heterocycles. The van der Waals surface area contributed by atoms with Gasteiger partial charge < -0.3 is 5.11 Å². The zero-order valence-corrected chi connectivity index (χ0v) is 17.2. The number of sulfonamides is 1. The summed E-state index contributed by atoms with van der Waals surface area (Å²) in [6, 6.07) is 17.5. The largest absolute Gasteiger partial charge is 0.478 e. The summed E-state index contributed by atoms with van der Waals surface area (Å²) in [5.41, 5.74) is 2.66. The summed E-state index contributed by atoms with van der Waals surface area (Å²) in [6.45, 7) is 1.61. The van der Waals surface area contributed by atoms with Crippen molar-refractivity contribution in [2.75, 3.05) is 4.72 Å². The number of hydrogen-bond acceptors (Lipinski definition) is 3. The maximum Gasteiger partial charge on any atom is 0.335 e. The molecule has 0 spiro atoms. The second kappa shape index (κ2) is 9.09. The Bertz CT molecular complexity index is 1180. The minimum atomic E-state index is -3.95. The third-order valence-electron chi connectivity index (χ3n) is 4.84. The normalized spacial score (nSPS) is 11.3. The number of carbonyl (C=O) groups is 1. The average Bonchev–Trinajstić information content (AvgIpc) is 2.71. The molecule has 0 aromatic heterocycles. The Balaban J connectivity index is 1.77. The highest BCUT2D eigenvalue weighted by Gasteiger charge is 2.19. The van der Waals surface area contributed by atoms with E-state index in [1.165, 1.54) is 12.1 Å². The van der Waals surface area contributed by atoms with Crippen LogP contribution in [0.3, 0.4) is 0 Å². The summed E-state index contributed by atoms with van der Waals surface area (Å²) in [5.74, 6) is -1.59. The first-order valence-corrected chi connectivity index (χ1v) is 10.9. The predicted molar refractivity (Wildman–Crippen MR) is 114 cm³/mol. The van der Waals surface area contributed by atoms with Crippen LogP contribution in [0.4, 0.5) is 10.1 Å². The van der Waals surface area contributed by atoms with Gasteiger partial charge in [-0.25, -0.2) is 17.6 Å². The van der Waals surface area contributed by atoms with Crippen molar-refractivity contribution in [2.24, 2.45) is 0 Å². The maximum absolute atomic E-state index is 13.6. The summed E-state index contributed by atoms with van der Waals surface area (Å²) in [7, 11) is -3.95. The van der Waals surface area contributed by atoms with Gasteiger partial charge in [-0.05, 0) is 67.1 Å². The standard InChI is InChI=1S/C23H22FNO4S/c1-16-13-14-19(24)15-22(16)30(28,29)25-21-12-5-3-8-18(21)10-6-9-17-7-2-4-11-20(17)23(26)27/h2-5,7-8,11-15,25H,6,9-10H2,1H3,(H,26,27). The maximum atomic E-state index is 13.6. The van der Waals surface area contributed by atoms with E-state index in [1.807, 2.05) is 12.1 Å². The van der Waals surface area contributed by atoms with Crippen LogP contribution in [-0.2, 0) is 22.9 Å². The number of carboxylic acids is 1. The Hall–Kier alpha value is -3.19. The quantitative estimate of drug-likeness (QED) is 0.540. The van der Waals surface area contributed by atoms with Crippen LogP contribution in [0.15, 0.2) is 71.6 Å². The van der Waals surface area contributed by atoms with Crippen molar-refractivity contribution in [3.63, 3.8) is 0 Å². The number of para-hydroxylation sites is 1. The average molecular weight is 427 g/mol. The van der Waals surface area contributed by atoms with Crippen LogP contribution in [0.1, 0.15) is 33.5 Å². The fraction of sp³-hybridized carbons (Fsp3) is 0.174. The fourth-order valence-corrected chi connectivity index (χ4v) is 4.68. The molecular weight excluding hydrogens is 405 g/mol. The van der Waals surface area contributed by atoms with Crippen LogP contribution in [0.5, 0.6) is 0 Å². The van der Waals surface area contributed by atoms with E-state index in [0.717, 1.165) is 17.2 Å². The van der Waals surface area contributed by atoms with Crippen molar-refractivity contribution in [1.29, 1.82) is 0 Å². The van der Waals surface area contributed by atoms with E-state index < -0.39 is 21.8 Å². The molecule has 0 radical (unpaired) electrons. The number of aryl methyl sites for hydroxylation is 3. The lowest BCUT2D eigenvalue weighted by atomic mass is 9.99. The van der Waals surface area contributed by atoms with E-state index in [9.17, 15) is 22.7 Å². The second-order valence-corrected chi connectivity index (χ2v) is 8.64. The van der Waals surface area contributed by atoms with Gasteiger partial charge in [-0.1, -0.05) is 42.5 Å². The Morgan fingerprint density at radius 1 is 0.967 bits per heavy atom. The molecular formula is C23H22FNO4S. The number of nitrogens with one attached hydrogen (secondary N) is 1. The SMILES string of the molecule is Cc1ccc(F)cc1S(=O)(=O)Nc1ccccc1CCCc1ccccc1C(=O)O. The zero-order valence-electron chi connectivity index (χ0n) is 16.4. The summed E-state index contributed by atoms with van der Waals surface area (Å²) in [4.78, 5) is 11.2. The molecule has 0 saturated heterocycles. The topological polar surface area (TPSA) is 83.5 Å². The van der Waals surface area contributed by atoms with Crippen molar-refractivity contribution < 1.29 is 22.7 Å². The van der Waals surface area contributed by atoms with E-state index in [4.69, 9.17) is 0 Å². The van der Waals surface area contributed by atoms with Gasteiger partial charge in [0.2, 0.25) is 0 Å². The van der Waals surface area contributed by atoms with Gasteiger partial charge in [0.05, 0.1) is 16.1 Å². The van der Waals surface area contributed by atoms with E-state index in [1.54, 1.807) is 43.3 Å². The van der Waals surface area contributed by atoms with Crippen LogP contribution in [0, 0.1) is 12.7 Å². The number of carboxylic acid groups (broad SMARTS) is 1. The van der Waals surface area contributed by atoms with Gasteiger partial charge in [0, 0.05) is 0 Å². The van der Waals surface area contributed by atoms with Gasteiger partial charge in [0.15, 0.2) is 0 Å². The molecule has 3 aromatic rings. The van der Waals surface area contributed by atoms with Crippen LogP contribution in [0.25, 0.3) is 0 Å². The first-order chi connectivity index (χ1) is 14.3. The highest BCUT2D eigenvalue weighted by atomic mass is 32.2. The van der Waals surface area contributed by atoms with E-state index in [2.05, 4.69) is 4.72 Å². The molecule has 3 rings (SSSR count). The van der Waals surface area contributed by atoms with Gasteiger partial charge in [-0.15, -0.1) is 0 Å². The Kier molecular flexibility index (Phi) is 6.52. The Morgan fingerprint density at radius 2 is 1.60 bits per heavy atom. The van der Waals surface area contributed by atoms with E-state index in [0.29, 0.717) is 30.5 Å².